The van der Waals surface area contributed by atoms with Gasteiger partial charge in [0, 0.05) is 12.4 Å². The van der Waals surface area contributed by atoms with E-state index < -0.39 is 0 Å². The average molecular weight is 276 g/mol. The summed E-state index contributed by atoms with van der Waals surface area (Å²) in [5.74, 6) is 0. The fourth-order valence-electron chi connectivity index (χ4n) is 0.383. The maximum atomic E-state index is 3.81. The zero-order valence-corrected chi connectivity index (χ0v) is 10.0. The van der Waals surface area contributed by atoms with Gasteiger partial charge in [0.15, 0.2) is 0 Å². The van der Waals surface area contributed by atoms with Gasteiger partial charge in [0.1, 0.15) is 0 Å². The van der Waals surface area contributed by atoms with E-state index in [1.54, 1.807) is 12.4 Å². The first-order valence-electron chi connectivity index (χ1n) is 2.65. The van der Waals surface area contributed by atoms with E-state index in [0.29, 0.717) is 0 Å². The second-order valence-corrected chi connectivity index (χ2v) is 9.54. The first-order valence-corrected chi connectivity index (χ1v) is 10.4. The molecule has 1 rings (SSSR count). The Kier molecular flexibility index (Phi) is 8.68. The van der Waals surface area contributed by atoms with E-state index in [9.17, 15) is 0 Å². The predicted octanol–water partition coefficient (Wildman–Crippen LogP) is 2.57. The van der Waals surface area contributed by atoms with Gasteiger partial charge in [-0.25, -0.2) is 0 Å². The molecular formula is C6H6Br2MgN. The van der Waals surface area contributed by atoms with E-state index >= 15 is 0 Å². The van der Waals surface area contributed by atoms with Crippen molar-refractivity contribution in [1.82, 2.24) is 4.98 Å². The quantitative estimate of drug-likeness (QED) is 0.664. The Balaban J connectivity index is 0.000000236. The standard InChI is InChI=1S/C6H6N.2BrH.Mg/c1-6-2-4-7-5-3-6;;;/h2-5H,1H2;2*1H;/q;;;+2/p-2. The molecule has 1 heterocycles. The zero-order chi connectivity index (χ0) is 7.82. The lowest BCUT2D eigenvalue weighted by atomic mass is 10.3. The minimum Gasteiger partial charge on any atom is -0.280 e. The van der Waals surface area contributed by atoms with Crippen LogP contribution in [0.3, 0.4) is 0 Å². The van der Waals surface area contributed by atoms with Crippen LogP contribution in [0.5, 0.6) is 0 Å². The Labute approximate surface area is 83.1 Å². The zero-order valence-electron chi connectivity index (χ0n) is 5.43. The molecule has 1 aromatic rings. The molecule has 0 amide bonds. The fourth-order valence-corrected chi connectivity index (χ4v) is 0.383. The average Bonchev–Trinajstić information content (AvgIpc) is 1.91. The van der Waals surface area contributed by atoms with Crippen LogP contribution >= 0.6 is 25.8 Å². The second-order valence-electron chi connectivity index (χ2n) is 1.46. The summed E-state index contributed by atoms with van der Waals surface area (Å²) in [6, 6.07) is 3.72. The highest BCUT2D eigenvalue weighted by Crippen LogP contribution is 1.88. The number of pyridine rings is 1. The molecule has 0 saturated carbocycles. The monoisotopic (exact) mass is 274 g/mol. The number of hydrogen-bond donors (Lipinski definition) is 0. The molecule has 51 valence electrons. The van der Waals surface area contributed by atoms with E-state index in [1.165, 1.54) is 0 Å². The van der Waals surface area contributed by atoms with Gasteiger partial charge in [-0.2, -0.15) is 0 Å². The number of hydrogen-bond acceptors (Lipinski definition) is 1. The summed E-state index contributed by atoms with van der Waals surface area (Å²) in [6.07, 6.45) is 3.45. The molecule has 0 fully saturated rings. The third kappa shape index (κ3) is 6.99. The number of nitrogens with zero attached hydrogens (tertiary/aromatic N) is 1. The van der Waals surface area contributed by atoms with Gasteiger partial charge >= 0.3 is 16.0 Å². The summed E-state index contributed by atoms with van der Waals surface area (Å²) in [4.78, 5) is 3.81. The van der Waals surface area contributed by atoms with Crippen molar-refractivity contribution < 1.29 is 0 Å². The van der Waals surface area contributed by atoms with Crippen LogP contribution in [0.15, 0.2) is 24.5 Å². The molecule has 10 heavy (non-hydrogen) atoms. The minimum absolute atomic E-state index is 0.0417. The molecule has 0 atom stereocenters. The van der Waals surface area contributed by atoms with Crippen molar-refractivity contribution in [2.24, 2.45) is 0 Å². The summed E-state index contributed by atoms with van der Waals surface area (Å²) in [7, 11) is 0. The molecule has 0 aliphatic carbocycles. The molecule has 0 saturated heterocycles. The van der Waals surface area contributed by atoms with E-state index in [4.69, 9.17) is 0 Å². The number of halogens is 2. The summed E-state index contributed by atoms with van der Waals surface area (Å²) in [5.41, 5.74) is 1.01. The Morgan fingerprint density at radius 1 is 1.30 bits per heavy atom. The first-order chi connectivity index (χ1) is 4.81. The second kappa shape index (κ2) is 7.98. The van der Waals surface area contributed by atoms with Gasteiger partial charge < -0.3 is 0 Å². The van der Waals surface area contributed by atoms with Crippen molar-refractivity contribution in [2.45, 2.75) is 0 Å². The van der Waals surface area contributed by atoms with E-state index in [-0.39, 0.29) is 16.0 Å². The van der Waals surface area contributed by atoms with Crippen LogP contribution in [0.2, 0.25) is 0 Å². The third-order valence-corrected chi connectivity index (χ3v) is 0.749. The lowest BCUT2D eigenvalue weighted by molar-refractivity contribution is 1.31. The lowest BCUT2D eigenvalue weighted by Gasteiger charge is -1.82. The van der Waals surface area contributed by atoms with Crippen LogP contribution < -0.4 is 0 Å². The summed E-state index contributed by atoms with van der Waals surface area (Å²) < 4.78 is 0. The largest absolute Gasteiger partial charge is 0.560 e. The molecule has 0 spiro atoms. The van der Waals surface area contributed by atoms with Crippen molar-refractivity contribution in [3.8, 4) is 0 Å². The molecule has 0 unspecified atom stereocenters. The van der Waals surface area contributed by atoms with Crippen molar-refractivity contribution in [3.63, 3.8) is 0 Å². The molecule has 1 nitrogen and oxygen atoms in total. The Hall–Kier alpha value is 0.876. The van der Waals surface area contributed by atoms with Gasteiger partial charge in [-0.05, 0) is 24.6 Å². The Morgan fingerprint density at radius 3 is 1.90 bits per heavy atom. The van der Waals surface area contributed by atoms with Crippen LogP contribution in [0.25, 0.3) is 0 Å². The van der Waals surface area contributed by atoms with E-state index in [1.807, 2.05) is 12.1 Å². The highest BCUT2D eigenvalue weighted by atomic mass is 79.9. The minimum atomic E-state index is 0.0417. The van der Waals surface area contributed by atoms with Crippen LogP contribution in [-0.2, 0) is 0 Å². The van der Waals surface area contributed by atoms with Gasteiger partial charge in [0.2, 0.25) is 0 Å². The van der Waals surface area contributed by atoms with Gasteiger partial charge in [0.05, 0.1) is 0 Å². The number of aromatic nitrogens is 1. The van der Waals surface area contributed by atoms with Gasteiger partial charge in [-0.3, -0.25) is 30.8 Å². The van der Waals surface area contributed by atoms with Crippen LogP contribution in [0, 0.1) is 6.92 Å². The predicted molar refractivity (Wildman–Crippen MR) is 52.3 cm³/mol. The van der Waals surface area contributed by atoms with Crippen molar-refractivity contribution in [3.05, 3.63) is 37.0 Å². The Bertz CT molecular complexity index is 157. The third-order valence-electron chi connectivity index (χ3n) is 0.749. The SMILES string of the molecule is [Br][Mg][Br].[CH2]c1ccncc1. The summed E-state index contributed by atoms with van der Waals surface area (Å²) in [5, 5.41) is 0. The Morgan fingerprint density at radius 2 is 1.70 bits per heavy atom. The van der Waals surface area contributed by atoms with E-state index in [0.717, 1.165) is 5.56 Å². The molecule has 0 aliphatic rings. The summed E-state index contributed by atoms with van der Waals surface area (Å²) >= 11 is 6.44. The van der Waals surface area contributed by atoms with Crippen LogP contribution in [0.4, 0.5) is 0 Å². The smallest absolute Gasteiger partial charge is 0.280 e. The van der Waals surface area contributed by atoms with Gasteiger partial charge in [-0.1, -0.05) is 0 Å². The fraction of sp³-hybridized carbons (Fsp3) is 0. The van der Waals surface area contributed by atoms with Gasteiger partial charge in [-0.15, -0.1) is 0 Å². The summed E-state index contributed by atoms with van der Waals surface area (Å²) in [6.45, 7) is 3.68. The molecule has 0 aromatic carbocycles. The van der Waals surface area contributed by atoms with Crippen LogP contribution in [0.1, 0.15) is 5.56 Å². The van der Waals surface area contributed by atoms with Crippen LogP contribution in [-0.4, -0.2) is 21.0 Å². The first kappa shape index (κ1) is 10.9. The van der Waals surface area contributed by atoms with Crippen molar-refractivity contribution >= 4 is 41.8 Å². The normalized spacial score (nSPS) is 7.10. The highest BCUT2D eigenvalue weighted by Gasteiger charge is 1.73. The molecule has 1 aromatic heterocycles. The molecule has 0 bridgehead atoms. The topological polar surface area (TPSA) is 12.9 Å². The van der Waals surface area contributed by atoms with Crippen molar-refractivity contribution in [1.29, 1.82) is 0 Å². The molecule has 0 aliphatic heterocycles. The van der Waals surface area contributed by atoms with Gasteiger partial charge in [0.25, 0.3) is 0 Å². The molecule has 4 heteroatoms. The highest BCUT2D eigenvalue weighted by molar-refractivity contribution is 9.47. The maximum absolute atomic E-state index is 3.81. The number of rotatable bonds is 0. The van der Waals surface area contributed by atoms with Crippen molar-refractivity contribution in [2.75, 3.05) is 0 Å². The maximum Gasteiger partial charge on any atom is 0.560 e. The lowest BCUT2D eigenvalue weighted by Crippen LogP contribution is -1.68. The molecular weight excluding hydrogens is 270 g/mol. The molecule has 0 N–H and O–H groups in total. The van der Waals surface area contributed by atoms with E-state index in [2.05, 4.69) is 37.7 Å². The molecule has 1 radical (unpaired) electrons.